The van der Waals surface area contributed by atoms with E-state index in [1.807, 2.05) is 0 Å². The van der Waals surface area contributed by atoms with Crippen molar-refractivity contribution in [2.75, 3.05) is 31.1 Å². The monoisotopic (exact) mass is 347 g/mol. The maximum Gasteiger partial charge on any atom is 0.222 e. The molecule has 0 amide bonds. The molecule has 1 unspecified atom stereocenters. The predicted molar refractivity (Wildman–Crippen MR) is 87.9 cm³/mol. The Morgan fingerprint density at radius 1 is 1.21 bits per heavy atom. The van der Waals surface area contributed by atoms with Gasteiger partial charge in [-0.1, -0.05) is 11.6 Å². The number of aromatic nitrogens is 5. The molecular formula is C15H15ClFN7. The number of hydrogen-bond donors (Lipinski definition) is 0. The van der Waals surface area contributed by atoms with Crippen molar-refractivity contribution < 1.29 is 4.39 Å². The molecule has 2 aliphatic heterocycles. The fourth-order valence-electron chi connectivity index (χ4n) is 3.86. The smallest absolute Gasteiger partial charge is 0.222 e. The molecule has 9 heteroatoms. The summed E-state index contributed by atoms with van der Waals surface area (Å²) in [7, 11) is 0. The van der Waals surface area contributed by atoms with Gasteiger partial charge in [-0.25, -0.2) is 9.37 Å². The molecule has 0 saturated carbocycles. The summed E-state index contributed by atoms with van der Waals surface area (Å²) in [6, 6.07) is 3.43. The second-order valence-electron chi connectivity index (χ2n) is 6.38. The Bertz CT molecular complexity index is 942. The van der Waals surface area contributed by atoms with E-state index in [0.717, 1.165) is 19.6 Å². The average Bonchev–Trinajstić information content (AvgIpc) is 3.22. The summed E-state index contributed by atoms with van der Waals surface area (Å²) in [5.74, 6) is 0.177. The lowest BCUT2D eigenvalue weighted by Gasteiger charge is -2.38. The molecule has 5 rings (SSSR count). The molecule has 0 spiro atoms. The number of halogens is 2. The van der Waals surface area contributed by atoms with Crippen molar-refractivity contribution in [1.82, 2.24) is 29.9 Å². The molecule has 0 N–H and O–H groups in total. The lowest BCUT2D eigenvalue weighted by atomic mass is 10.1. The first-order valence-corrected chi connectivity index (χ1v) is 8.44. The zero-order valence-electron chi connectivity index (χ0n) is 12.9. The number of hydrogen-bond acceptors (Lipinski definition) is 6. The Morgan fingerprint density at radius 2 is 2.12 bits per heavy atom. The summed E-state index contributed by atoms with van der Waals surface area (Å²) in [5, 5.41) is 12.2. The van der Waals surface area contributed by atoms with Crippen LogP contribution < -0.4 is 4.90 Å². The van der Waals surface area contributed by atoms with Crippen molar-refractivity contribution in [3.63, 3.8) is 0 Å². The van der Waals surface area contributed by atoms with Gasteiger partial charge < -0.3 is 4.90 Å². The summed E-state index contributed by atoms with van der Waals surface area (Å²) in [4.78, 5) is 9.25. The van der Waals surface area contributed by atoms with Crippen LogP contribution >= 0.6 is 11.6 Å². The highest BCUT2D eigenvalue weighted by Crippen LogP contribution is 2.29. The van der Waals surface area contributed by atoms with E-state index in [9.17, 15) is 4.39 Å². The van der Waals surface area contributed by atoms with E-state index in [1.165, 1.54) is 30.0 Å². The van der Waals surface area contributed by atoms with Crippen molar-refractivity contribution >= 4 is 34.1 Å². The van der Waals surface area contributed by atoms with Crippen LogP contribution in [0.25, 0.3) is 16.7 Å². The zero-order chi connectivity index (χ0) is 16.3. The van der Waals surface area contributed by atoms with Crippen LogP contribution in [0.15, 0.2) is 12.1 Å². The normalized spacial score (nSPS) is 21.8. The molecule has 2 aromatic heterocycles. The third-order valence-corrected chi connectivity index (χ3v) is 5.23. The molecule has 24 heavy (non-hydrogen) atoms. The number of rotatable bonds is 1. The predicted octanol–water partition coefficient (Wildman–Crippen LogP) is 1.75. The zero-order valence-corrected chi connectivity index (χ0v) is 13.6. The fourth-order valence-corrected chi connectivity index (χ4v) is 4.06. The first-order valence-electron chi connectivity index (χ1n) is 8.06. The van der Waals surface area contributed by atoms with Gasteiger partial charge in [0.2, 0.25) is 5.65 Å². The van der Waals surface area contributed by atoms with Gasteiger partial charge in [0.1, 0.15) is 5.52 Å². The van der Waals surface area contributed by atoms with Gasteiger partial charge in [-0.2, -0.15) is 4.52 Å². The summed E-state index contributed by atoms with van der Waals surface area (Å²) in [5.41, 5.74) is 1.25. The lowest BCUT2D eigenvalue weighted by molar-refractivity contribution is 0.230. The number of benzene rings is 1. The first-order chi connectivity index (χ1) is 11.7. The molecular weight excluding hydrogens is 333 g/mol. The highest BCUT2D eigenvalue weighted by molar-refractivity contribution is 6.31. The first kappa shape index (κ1) is 14.3. The van der Waals surface area contributed by atoms with Gasteiger partial charge in [0.25, 0.3) is 0 Å². The van der Waals surface area contributed by atoms with Crippen molar-refractivity contribution in [3.05, 3.63) is 23.0 Å². The van der Waals surface area contributed by atoms with Gasteiger partial charge >= 0.3 is 0 Å². The third-order valence-electron chi connectivity index (χ3n) is 5.01. The van der Waals surface area contributed by atoms with Crippen molar-refractivity contribution in [2.45, 2.75) is 18.9 Å². The molecule has 3 aromatic rings. The minimum absolute atomic E-state index is 0.239. The van der Waals surface area contributed by atoms with Gasteiger partial charge in [0.15, 0.2) is 11.6 Å². The van der Waals surface area contributed by atoms with E-state index >= 15 is 0 Å². The van der Waals surface area contributed by atoms with Crippen LogP contribution in [0.2, 0.25) is 5.02 Å². The Balaban J connectivity index is 1.68. The molecule has 1 atom stereocenters. The molecule has 2 saturated heterocycles. The second kappa shape index (κ2) is 5.22. The summed E-state index contributed by atoms with van der Waals surface area (Å²) in [6.07, 6.45) is 2.42. The van der Waals surface area contributed by atoms with E-state index in [-0.39, 0.29) is 5.52 Å². The molecule has 2 fully saturated rings. The van der Waals surface area contributed by atoms with Gasteiger partial charge in [-0.15, -0.1) is 5.10 Å². The number of piperazine rings is 1. The highest BCUT2D eigenvalue weighted by atomic mass is 35.5. The Morgan fingerprint density at radius 3 is 3.04 bits per heavy atom. The minimum Gasteiger partial charge on any atom is -0.351 e. The topological polar surface area (TPSA) is 62.5 Å². The molecule has 1 aromatic carbocycles. The summed E-state index contributed by atoms with van der Waals surface area (Å²) in [6.45, 7) is 3.86. The highest BCUT2D eigenvalue weighted by Gasteiger charge is 2.32. The van der Waals surface area contributed by atoms with E-state index in [0.29, 0.717) is 28.0 Å². The Kier molecular flexibility index (Phi) is 3.11. The molecule has 124 valence electrons. The van der Waals surface area contributed by atoms with Gasteiger partial charge in [-0.3, -0.25) is 4.90 Å². The third kappa shape index (κ3) is 2.06. The second-order valence-corrected chi connectivity index (χ2v) is 6.82. The molecule has 4 heterocycles. The maximum absolute atomic E-state index is 14.4. The van der Waals surface area contributed by atoms with Crippen molar-refractivity contribution in [1.29, 1.82) is 0 Å². The van der Waals surface area contributed by atoms with E-state index in [4.69, 9.17) is 11.6 Å². The standard InChI is InChI=1S/C15H15ClFN7/c16-9-6-11(17)13-12(7-9)24-15(19-20-21-24)14(18-13)23-5-4-22-3-1-2-10(22)8-23/h6-7,10H,1-5,8H2. The van der Waals surface area contributed by atoms with Gasteiger partial charge in [0.05, 0.1) is 5.52 Å². The maximum atomic E-state index is 14.4. The van der Waals surface area contributed by atoms with Crippen LogP contribution in [-0.2, 0) is 0 Å². The minimum atomic E-state index is -0.462. The quantitative estimate of drug-likeness (QED) is 0.668. The van der Waals surface area contributed by atoms with Crippen LogP contribution in [-0.4, -0.2) is 62.1 Å². The van der Waals surface area contributed by atoms with E-state index in [2.05, 4.69) is 30.3 Å². The fraction of sp³-hybridized carbons (Fsp3) is 0.467. The summed E-state index contributed by atoms with van der Waals surface area (Å²) >= 11 is 5.98. The van der Waals surface area contributed by atoms with Crippen molar-refractivity contribution in [2.24, 2.45) is 0 Å². The van der Waals surface area contributed by atoms with Crippen LogP contribution in [0.3, 0.4) is 0 Å². The Labute approximate surface area is 142 Å². The Hall–Kier alpha value is -2.06. The number of nitrogens with zero attached hydrogens (tertiary/aromatic N) is 7. The van der Waals surface area contributed by atoms with Crippen LogP contribution in [0, 0.1) is 5.82 Å². The van der Waals surface area contributed by atoms with E-state index < -0.39 is 5.82 Å². The molecule has 0 aliphatic carbocycles. The lowest BCUT2D eigenvalue weighted by Crippen LogP contribution is -2.50. The summed E-state index contributed by atoms with van der Waals surface area (Å²) < 4.78 is 15.9. The largest absolute Gasteiger partial charge is 0.351 e. The molecule has 7 nitrogen and oxygen atoms in total. The van der Waals surface area contributed by atoms with E-state index in [1.54, 1.807) is 6.07 Å². The molecule has 2 aliphatic rings. The van der Waals surface area contributed by atoms with Crippen LogP contribution in [0.1, 0.15) is 12.8 Å². The average molecular weight is 348 g/mol. The number of fused-ring (bicyclic) bond motifs is 4. The molecule has 0 bridgehead atoms. The number of tetrazole rings is 1. The van der Waals surface area contributed by atoms with Gasteiger partial charge in [-0.05, 0) is 41.9 Å². The van der Waals surface area contributed by atoms with Crippen LogP contribution in [0.5, 0.6) is 0 Å². The van der Waals surface area contributed by atoms with Gasteiger partial charge in [0, 0.05) is 30.7 Å². The van der Waals surface area contributed by atoms with Crippen LogP contribution in [0.4, 0.5) is 10.2 Å². The van der Waals surface area contributed by atoms with Crippen molar-refractivity contribution in [3.8, 4) is 0 Å². The SMILES string of the molecule is Fc1cc(Cl)cc2c1nc(N1CCN3CCCC3C1)c1nnnn12. The molecule has 0 radical (unpaired) electrons. The number of anilines is 1.